The number of nitrogens with zero attached hydrogens (tertiary/aromatic N) is 1. The molecule has 2 N–H and O–H groups in total. The smallest absolute Gasteiger partial charge is 0.224 e. The monoisotopic (exact) mass is 291 g/mol. The van der Waals surface area contributed by atoms with Crippen LogP contribution in [0.25, 0.3) is 0 Å². The van der Waals surface area contributed by atoms with Crippen molar-refractivity contribution in [2.24, 2.45) is 10.9 Å². The highest BCUT2D eigenvalue weighted by atomic mass is 16.1. The van der Waals surface area contributed by atoms with Gasteiger partial charge >= 0.3 is 0 Å². The predicted octanol–water partition coefficient (Wildman–Crippen LogP) is 2.82. The van der Waals surface area contributed by atoms with Gasteiger partial charge in [-0.05, 0) is 51.6 Å². The van der Waals surface area contributed by atoms with E-state index in [-0.39, 0.29) is 5.91 Å². The summed E-state index contributed by atoms with van der Waals surface area (Å²) in [5.41, 5.74) is 0.892. The molecule has 4 nitrogen and oxygen atoms in total. The predicted molar refractivity (Wildman–Crippen MR) is 89.5 cm³/mol. The Morgan fingerprint density at radius 1 is 1.29 bits per heavy atom. The second-order valence-corrected chi connectivity index (χ2v) is 5.76. The van der Waals surface area contributed by atoms with Gasteiger partial charge in [0.15, 0.2) is 0 Å². The van der Waals surface area contributed by atoms with Gasteiger partial charge in [0.1, 0.15) is 0 Å². The summed E-state index contributed by atoms with van der Waals surface area (Å²) in [6.45, 7) is 4.90. The van der Waals surface area contributed by atoms with Gasteiger partial charge in [0.05, 0.1) is 5.70 Å². The molecule has 0 aromatic rings. The molecule has 4 heteroatoms. The Labute approximate surface area is 128 Å². The minimum absolute atomic E-state index is 0.101. The quantitative estimate of drug-likeness (QED) is 0.709. The molecule has 1 aliphatic rings. The third-order valence-corrected chi connectivity index (χ3v) is 3.78. The SMILES string of the molecule is C\C=C/C=N\C(=C\CC(=O)NC1CCC(C)CC1)CNC. The first kappa shape index (κ1) is 17.6. The molecule has 0 heterocycles. The Morgan fingerprint density at radius 2 is 2.00 bits per heavy atom. The number of hydrogen-bond donors (Lipinski definition) is 2. The van der Waals surface area contributed by atoms with Crippen molar-refractivity contribution in [1.82, 2.24) is 10.6 Å². The molecule has 0 aromatic heterocycles. The van der Waals surface area contributed by atoms with Crippen LogP contribution in [-0.4, -0.2) is 31.8 Å². The molecule has 0 atom stereocenters. The normalized spacial score (nSPS) is 23.9. The minimum Gasteiger partial charge on any atom is -0.353 e. The summed E-state index contributed by atoms with van der Waals surface area (Å²) < 4.78 is 0. The molecule has 0 spiro atoms. The number of allylic oxidation sites excluding steroid dienone is 2. The molecule has 0 radical (unpaired) electrons. The highest BCUT2D eigenvalue weighted by Gasteiger charge is 2.19. The summed E-state index contributed by atoms with van der Waals surface area (Å²) in [5, 5.41) is 6.20. The van der Waals surface area contributed by atoms with Crippen LogP contribution in [0, 0.1) is 5.92 Å². The number of nitrogens with one attached hydrogen (secondary N) is 2. The summed E-state index contributed by atoms with van der Waals surface area (Å²) in [5.74, 6) is 0.908. The van der Waals surface area contributed by atoms with E-state index >= 15 is 0 Å². The van der Waals surface area contributed by atoms with Crippen molar-refractivity contribution >= 4 is 12.1 Å². The Balaban J connectivity index is 2.41. The molecule has 0 aliphatic heterocycles. The number of rotatable bonds is 7. The van der Waals surface area contributed by atoms with Gasteiger partial charge in [-0.25, -0.2) is 0 Å². The van der Waals surface area contributed by atoms with Gasteiger partial charge in [-0.15, -0.1) is 0 Å². The molecule has 1 aliphatic carbocycles. The van der Waals surface area contributed by atoms with E-state index in [1.807, 2.05) is 32.2 Å². The molecule has 0 bridgehead atoms. The lowest BCUT2D eigenvalue weighted by atomic mass is 9.87. The van der Waals surface area contributed by atoms with Crippen LogP contribution >= 0.6 is 0 Å². The van der Waals surface area contributed by atoms with E-state index in [4.69, 9.17) is 0 Å². The average Bonchev–Trinajstić information content (AvgIpc) is 2.47. The topological polar surface area (TPSA) is 53.5 Å². The zero-order valence-electron chi connectivity index (χ0n) is 13.6. The van der Waals surface area contributed by atoms with Crippen LogP contribution in [0.2, 0.25) is 0 Å². The van der Waals surface area contributed by atoms with Gasteiger partial charge in [-0.2, -0.15) is 0 Å². The number of likely N-dealkylation sites (N-methyl/N-ethyl adjacent to an activating group) is 1. The fourth-order valence-corrected chi connectivity index (χ4v) is 2.48. The summed E-state index contributed by atoms with van der Waals surface area (Å²) >= 11 is 0. The van der Waals surface area contributed by atoms with Gasteiger partial charge < -0.3 is 10.6 Å². The van der Waals surface area contributed by atoms with Crippen molar-refractivity contribution in [3.05, 3.63) is 23.9 Å². The maximum absolute atomic E-state index is 12.0. The van der Waals surface area contributed by atoms with E-state index in [2.05, 4.69) is 22.5 Å². The number of amides is 1. The molecule has 1 fully saturated rings. The van der Waals surface area contributed by atoms with Gasteiger partial charge in [0.2, 0.25) is 5.91 Å². The molecule has 0 aromatic carbocycles. The first-order valence-electron chi connectivity index (χ1n) is 7.94. The second-order valence-electron chi connectivity index (χ2n) is 5.76. The molecule has 0 saturated heterocycles. The average molecular weight is 291 g/mol. The van der Waals surface area contributed by atoms with Crippen molar-refractivity contribution in [3.63, 3.8) is 0 Å². The zero-order valence-corrected chi connectivity index (χ0v) is 13.6. The summed E-state index contributed by atoms with van der Waals surface area (Å²) in [4.78, 5) is 16.3. The van der Waals surface area contributed by atoms with E-state index in [0.29, 0.717) is 19.0 Å². The van der Waals surface area contributed by atoms with E-state index < -0.39 is 0 Å². The molecular formula is C17H29N3O. The molecule has 1 amide bonds. The van der Waals surface area contributed by atoms with Gasteiger partial charge in [0, 0.05) is 25.2 Å². The molecule has 118 valence electrons. The summed E-state index contributed by atoms with van der Waals surface area (Å²) in [6, 6.07) is 0.362. The Hall–Kier alpha value is -1.42. The van der Waals surface area contributed by atoms with Gasteiger partial charge in [-0.1, -0.05) is 19.1 Å². The Morgan fingerprint density at radius 3 is 2.62 bits per heavy atom. The standard InChI is InChI=1S/C17H29N3O/c1-4-5-12-19-16(13-18-3)10-11-17(21)20-15-8-6-14(2)7-9-15/h4-5,10,12,14-15,18H,6-9,11,13H2,1-3H3,(H,20,21)/b5-4-,16-10+,19-12-. The second kappa shape index (κ2) is 10.3. The zero-order chi connectivity index (χ0) is 15.5. The number of carbonyl (C=O) groups excluding carboxylic acids is 1. The fraction of sp³-hybridized carbons (Fsp3) is 0.647. The van der Waals surface area contributed by atoms with Crippen molar-refractivity contribution in [3.8, 4) is 0 Å². The lowest BCUT2D eigenvalue weighted by molar-refractivity contribution is -0.121. The van der Waals surface area contributed by atoms with Crippen LogP contribution in [0.4, 0.5) is 0 Å². The van der Waals surface area contributed by atoms with E-state index in [9.17, 15) is 4.79 Å². The largest absolute Gasteiger partial charge is 0.353 e. The molecular weight excluding hydrogens is 262 g/mol. The van der Waals surface area contributed by atoms with Crippen molar-refractivity contribution in [2.45, 2.75) is 52.0 Å². The van der Waals surface area contributed by atoms with Crippen LogP contribution in [0.1, 0.15) is 46.0 Å². The first-order valence-corrected chi connectivity index (χ1v) is 7.94. The number of carbonyl (C=O) groups is 1. The van der Waals surface area contributed by atoms with Gasteiger partial charge in [-0.3, -0.25) is 9.79 Å². The summed E-state index contributed by atoms with van der Waals surface area (Å²) in [7, 11) is 1.88. The molecule has 21 heavy (non-hydrogen) atoms. The minimum atomic E-state index is 0.101. The lowest BCUT2D eigenvalue weighted by Crippen LogP contribution is -2.37. The molecule has 1 rings (SSSR count). The third kappa shape index (κ3) is 7.81. The van der Waals surface area contributed by atoms with Crippen LogP contribution in [0.15, 0.2) is 28.9 Å². The Bertz CT molecular complexity index is 391. The van der Waals surface area contributed by atoms with Crippen molar-refractivity contribution < 1.29 is 4.79 Å². The summed E-state index contributed by atoms with van der Waals surface area (Å²) in [6.07, 6.45) is 12.5. The first-order chi connectivity index (χ1) is 10.2. The fourth-order valence-electron chi connectivity index (χ4n) is 2.48. The van der Waals surface area contributed by atoms with E-state index in [1.54, 1.807) is 6.21 Å². The maximum Gasteiger partial charge on any atom is 0.224 e. The third-order valence-electron chi connectivity index (χ3n) is 3.78. The number of aliphatic imine (C=N–C) groups is 1. The van der Waals surface area contributed by atoms with Crippen LogP contribution in [0.3, 0.4) is 0 Å². The molecule has 0 unspecified atom stereocenters. The van der Waals surface area contributed by atoms with Crippen LogP contribution in [-0.2, 0) is 4.79 Å². The Kier molecular flexibility index (Phi) is 8.67. The van der Waals surface area contributed by atoms with Gasteiger partial charge in [0.25, 0.3) is 0 Å². The molecule has 1 saturated carbocycles. The lowest BCUT2D eigenvalue weighted by Gasteiger charge is -2.26. The van der Waals surface area contributed by atoms with Crippen LogP contribution in [0.5, 0.6) is 0 Å². The van der Waals surface area contributed by atoms with E-state index in [0.717, 1.165) is 24.5 Å². The highest BCUT2D eigenvalue weighted by Crippen LogP contribution is 2.23. The van der Waals surface area contributed by atoms with Crippen LogP contribution < -0.4 is 10.6 Å². The number of hydrogen-bond acceptors (Lipinski definition) is 3. The van der Waals surface area contributed by atoms with Crippen molar-refractivity contribution in [1.29, 1.82) is 0 Å². The van der Waals surface area contributed by atoms with E-state index in [1.165, 1.54) is 12.8 Å². The highest BCUT2D eigenvalue weighted by molar-refractivity contribution is 5.78. The van der Waals surface area contributed by atoms with Crippen molar-refractivity contribution in [2.75, 3.05) is 13.6 Å². The maximum atomic E-state index is 12.0.